The summed E-state index contributed by atoms with van der Waals surface area (Å²) < 4.78 is 1.83. The van der Waals surface area contributed by atoms with Crippen LogP contribution in [0.3, 0.4) is 0 Å². The molecule has 0 atom stereocenters. The van der Waals surface area contributed by atoms with Crippen LogP contribution in [0.4, 0.5) is 0 Å². The van der Waals surface area contributed by atoms with Crippen molar-refractivity contribution in [1.29, 1.82) is 0 Å². The molecular formula is C21H20N2OS2. The molecule has 0 aliphatic carbocycles. The molecule has 4 rings (SSSR count). The molecule has 0 amide bonds. The van der Waals surface area contributed by atoms with E-state index in [4.69, 9.17) is 4.98 Å². The van der Waals surface area contributed by atoms with Crippen molar-refractivity contribution in [3.8, 4) is 10.7 Å². The van der Waals surface area contributed by atoms with Crippen molar-refractivity contribution in [2.24, 2.45) is 0 Å². The first-order chi connectivity index (χ1) is 12.5. The Morgan fingerprint density at radius 2 is 1.73 bits per heavy atom. The molecule has 0 N–H and O–H groups in total. The Bertz CT molecular complexity index is 1150. The third-order valence-corrected chi connectivity index (χ3v) is 7.11. The maximum absolute atomic E-state index is 13.4. The minimum Gasteiger partial charge on any atom is -0.287 e. The molecule has 0 aliphatic heterocycles. The molecule has 26 heavy (non-hydrogen) atoms. The first kappa shape index (κ1) is 17.2. The van der Waals surface area contributed by atoms with E-state index in [-0.39, 0.29) is 5.56 Å². The van der Waals surface area contributed by atoms with Crippen LogP contribution in [0.2, 0.25) is 0 Å². The Balaban J connectivity index is 2.02. The van der Waals surface area contributed by atoms with Crippen molar-refractivity contribution >= 4 is 32.9 Å². The summed E-state index contributed by atoms with van der Waals surface area (Å²) in [7, 11) is 0. The number of nitrogens with zero attached hydrogens (tertiary/aromatic N) is 2. The molecule has 3 aromatic heterocycles. The fraction of sp³-hybridized carbons (Fsp3) is 0.238. The summed E-state index contributed by atoms with van der Waals surface area (Å²) in [6.07, 6.45) is 0. The van der Waals surface area contributed by atoms with E-state index in [1.54, 1.807) is 22.7 Å². The lowest BCUT2D eigenvalue weighted by molar-refractivity contribution is 0.761. The van der Waals surface area contributed by atoms with Crippen LogP contribution in [0.1, 0.15) is 26.4 Å². The van der Waals surface area contributed by atoms with E-state index in [0.717, 1.165) is 36.9 Å². The van der Waals surface area contributed by atoms with Crippen LogP contribution in [0.15, 0.2) is 41.2 Å². The summed E-state index contributed by atoms with van der Waals surface area (Å²) in [5.74, 6) is 0.772. The third-order valence-electron chi connectivity index (χ3n) is 4.86. The Hall–Kier alpha value is -2.24. The molecule has 0 spiro atoms. The Labute approximate surface area is 160 Å². The molecule has 132 valence electrons. The van der Waals surface area contributed by atoms with Gasteiger partial charge in [-0.1, -0.05) is 30.3 Å². The molecule has 0 radical (unpaired) electrons. The second-order valence-electron chi connectivity index (χ2n) is 6.63. The number of benzene rings is 1. The number of aryl methyl sites for hydroxylation is 4. The maximum Gasteiger partial charge on any atom is 0.263 e. The quantitative estimate of drug-likeness (QED) is 0.472. The zero-order chi connectivity index (χ0) is 18.4. The van der Waals surface area contributed by atoms with Crippen molar-refractivity contribution in [1.82, 2.24) is 9.55 Å². The Kier molecular flexibility index (Phi) is 4.29. The van der Waals surface area contributed by atoms with Crippen LogP contribution in [0.25, 0.3) is 20.9 Å². The van der Waals surface area contributed by atoms with E-state index in [9.17, 15) is 4.79 Å². The minimum atomic E-state index is 0.0550. The van der Waals surface area contributed by atoms with Crippen LogP contribution < -0.4 is 5.56 Å². The van der Waals surface area contributed by atoms with Gasteiger partial charge in [0.2, 0.25) is 0 Å². The maximum atomic E-state index is 13.4. The predicted molar refractivity (Wildman–Crippen MR) is 112 cm³/mol. The second kappa shape index (κ2) is 6.49. The van der Waals surface area contributed by atoms with Gasteiger partial charge in [-0.25, -0.2) is 4.98 Å². The molecule has 0 saturated carbocycles. The second-order valence-corrected chi connectivity index (χ2v) is 9.09. The first-order valence-electron chi connectivity index (χ1n) is 8.57. The predicted octanol–water partition coefficient (Wildman–Crippen LogP) is 5.47. The van der Waals surface area contributed by atoms with Crippen molar-refractivity contribution in [3.05, 3.63) is 73.2 Å². The number of thiophene rings is 2. The molecule has 0 fully saturated rings. The van der Waals surface area contributed by atoms with Crippen LogP contribution in [-0.2, 0) is 6.54 Å². The van der Waals surface area contributed by atoms with E-state index >= 15 is 0 Å². The van der Waals surface area contributed by atoms with Gasteiger partial charge >= 0.3 is 0 Å². The summed E-state index contributed by atoms with van der Waals surface area (Å²) in [5, 5.41) is 0.761. The Morgan fingerprint density at radius 3 is 2.38 bits per heavy atom. The van der Waals surface area contributed by atoms with E-state index in [0.29, 0.717) is 6.54 Å². The molecule has 0 aliphatic rings. The number of fused-ring (bicyclic) bond motifs is 1. The molecule has 3 heterocycles. The molecule has 4 aromatic rings. The van der Waals surface area contributed by atoms with Crippen LogP contribution in [0, 0.1) is 27.7 Å². The number of hydrogen-bond acceptors (Lipinski definition) is 4. The van der Waals surface area contributed by atoms with Crippen LogP contribution in [0.5, 0.6) is 0 Å². The van der Waals surface area contributed by atoms with Gasteiger partial charge in [-0.3, -0.25) is 9.36 Å². The topological polar surface area (TPSA) is 34.9 Å². The molecule has 0 bridgehead atoms. The normalized spacial score (nSPS) is 11.4. The van der Waals surface area contributed by atoms with Crippen molar-refractivity contribution in [2.45, 2.75) is 34.2 Å². The average Bonchev–Trinajstić information content (AvgIpc) is 3.10. The van der Waals surface area contributed by atoms with Crippen LogP contribution >= 0.6 is 22.7 Å². The summed E-state index contributed by atoms with van der Waals surface area (Å²) in [6, 6.07) is 12.3. The van der Waals surface area contributed by atoms with E-state index in [1.807, 2.05) is 29.7 Å². The smallest absolute Gasteiger partial charge is 0.263 e. The molecular weight excluding hydrogens is 360 g/mol. The average molecular weight is 381 g/mol. The van der Waals surface area contributed by atoms with E-state index in [1.165, 1.54) is 10.4 Å². The zero-order valence-electron chi connectivity index (χ0n) is 15.3. The largest absolute Gasteiger partial charge is 0.287 e. The lowest BCUT2D eigenvalue weighted by atomic mass is 10.2. The fourth-order valence-electron chi connectivity index (χ4n) is 3.11. The van der Waals surface area contributed by atoms with Gasteiger partial charge in [-0.2, -0.15) is 0 Å². The van der Waals surface area contributed by atoms with Gasteiger partial charge in [-0.15, -0.1) is 22.7 Å². The molecule has 0 saturated heterocycles. The highest BCUT2D eigenvalue weighted by Gasteiger charge is 2.19. The standard InChI is InChI=1S/C21H20N2OS2/c1-12-10-17(25-14(12)3)19-22-20-18(13(2)15(4)26-20)21(24)23(19)11-16-8-6-5-7-9-16/h5-10H,11H2,1-4H3. The van der Waals surface area contributed by atoms with Gasteiger partial charge in [0.25, 0.3) is 5.56 Å². The monoisotopic (exact) mass is 380 g/mol. The van der Waals surface area contributed by atoms with Gasteiger partial charge in [0.15, 0.2) is 5.82 Å². The van der Waals surface area contributed by atoms with Gasteiger partial charge in [0, 0.05) is 9.75 Å². The number of aromatic nitrogens is 2. The minimum absolute atomic E-state index is 0.0550. The Morgan fingerprint density at radius 1 is 1.00 bits per heavy atom. The first-order valence-corrected chi connectivity index (χ1v) is 10.2. The number of rotatable bonds is 3. The zero-order valence-corrected chi connectivity index (χ0v) is 16.9. The van der Waals surface area contributed by atoms with Crippen molar-refractivity contribution in [2.75, 3.05) is 0 Å². The van der Waals surface area contributed by atoms with Gasteiger partial charge < -0.3 is 0 Å². The summed E-state index contributed by atoms with van der Waals surface area (Å²) in [4.78, 5) is 22.6. The molecule has 0 unspecified atom stereocenters. The summed E-state index contributed by atoms with van der Waals surface area (Å²) >= 11 is 3.31. The lowest BCUT2D eigenvalue weighted by Crippen LogP contribution is -2.23. The number of hydrogen-bond donors (Lipinski definition) is 0. The van der Waals surface area contributed by atoms with Crippen molar-refractivity contribution in [3.63, 3.8) is 0 Å². The lowest BCUT2D eigenvalue weighted by Gasteiger charge is -2.12. The van der Waals surface area contributed by atoms with Gasteiger partial charge in [0.05, 0.1) is 16.8 Å². The summed E-state index contributed by atoms with van der Waals surface area (Å²) in [6.45, 7) is 8.82. The van der Waals surface area contributed by atoms with Gasteiger partial charge in [-0.05, 0) is 50.5 Å². The summed E-state index contributed by atoms with van der Waals surface area (Å²) in [5.41, 5.74) is 3.45. The molecule has 5 heteroatoms. The highest BCUT2D eigenvalue weighted by Crippen LogP contribution is 2.33. The highest BCUT2D eigenvalue weighted by atomic mass is 32.1. The van der Waals surface area contributed by atoms with Crippen molar-refractivity contribution < 1.29 is 0 Å². The third kappa shape index (κ3) is 2.81. The molecule has 1 aromatic carbocycles. The van der Waals surface area contributed by atoms with E-state index in [2.05, 4.69) is 39.0 Å². The van der Waals surface area contributed by atoms with Gasteiger partial charge in [0.1, 0.15) is 4.83 Å². The molecule has 3 nitrogen and oxygen atoms in total. The SMILES string of the molecule is Cc1cc(-c2nc3sc(C)c(C)c3c(=O)n2Cc2ccccc2)sc1C. The van der Waals surface area contributed by atoms with E-state index < -0.39 is 0 Å². The highest BCUT2D eigenvalue weighted by molar-refractivity contribution is 7.18. The fourth-order valence-corrected chi connectivity index (χ4v) is 5.16. The van der Waals surface area contributed by atoms with Crippen LogP contribution in [-0.4, -0.2) is 9.55 Å².